The summed E-state index contributed by atoms with van der Waals surface area (Å²) in [5.41, 5.74) is 0.649. The maximum absolute atomic E-state index is 12.5. The van der Waals surface area contributed by atoms with Gasteiger partial charge in [-0.2, -0.15) is 4.98 Å². The Morgan fingerprint density at radius 1 is 1.52 bits per heavy atom. The van der Waals surface area contributed by atoms with Crippen LogP contribution in [0, 0.1) is 25.2 Å². The number of rotatable bonds is 3. The van der Waals surface area contributed by atoms with E-state index in [1.807, 2.05) is 0 Å². The van der Waals surface area contributed by atoms with E-state index in [-0.39, 0.29) is 36.9 Å². The molecule has 1 aromatic heterocycles. The van der Waals surface area contributed by atoms with E-state index in [4.69, 9.17) is 14.6 Å². The molecule has 0 aromatic carbocycles. The second-order valence-electron chi connectivity index (χ2n) is 6.52. The van der Waals surface area contributed by atoms with E-state index in [1.54, 1.807) is 24.8 Å². The van der Waals surface area contributed by atoms with Crippen molar-refractivity contribution < 1.29 is 24.5 Å². The molecule has 0 bridgehead atoms. The van der Waals surface area contributed by atoms with Crippen molar-refractivity contribution in [2.24, 2.45) is 11.3 Å². The largest absolute Gasteiger partial charge is 0.483 e. The molecule has 0 unspecified atom stereocenters. The Morgan fingerprint density at radius 2 is 2.20 bits per heavy atom. The molecule has 9 heteroatoms. The third-order valence-corrected chi connectivity index (χ3v) is 4.83. The maximum Gasteiger partial charge on any atom is 0.348 e. The molecule has 2 atom stereocenters. The molecule has 0 spiro atoms. The molecular weight excluding hydrogens is 330 g/mol. The summed E-state index contributed by atoms with van der Waals surface area (Å²) in [7, 11) is 0. The fourth-order valence-electron chi connectivity index (χ4n) is 3.45. The molecule has 138 valence electrons. The average molecular weight is 353 g/mol. The molecule has 1 amide bonds. The predicted octanol–water partition coefficient (Wildman–Crippen LogP) is -0.972. The van der Waals surface area contributed by atoms with Crippen LogP contribution in [0.1, 0.15) is 11.4 Å². The van der Waals surface area contributed by atoms with Crippen molar-refractivity contribution in [3.63, 3.8) is 0 Å². The van der Waals surface area contributed by atoms with Crippen molar-refractivity contribution in [1.82, 2.24) is 14.5 Å². The number of hydrogen-bond acceptors (Lipinski definition) is 6. The van der Waals surface area contributed by atoms with Gasteiger partial charge in [-0.25, -0.2) is 4.79 Å². The maximum atomic E-state index is 12.5. The van der Waals surface area contributed by atoms with Crippen molar-refractivity contribution in [1.29, 1.82) is 0 Å². The summed E-state index contributed by atoms with van der Waals surface area (Å²) in [6, 6.07) is 1.79. The summed E-state index contributed by atoms with van der Waals surface area (Å²) in [4.78, 5) is 38.4. The number of aliphatic hydroxyl groups is 1. The second kappa shape index (κ2) is 7.75. The highest BCUT2D eigenvalue weighted by molar-refractivity contribution is 5.76. The van der Waals surface area contributed by atoms with Gasteiger partial charge in [-0.1, -0.05) is 0 Å². The zero-order valence-corrected chi connectivity index (χ0v) is 14.3. The summed E-state index contributed by atoms with van der Waals surface area (Å²) in [6.45, 7) is 5.45. The Hall–Kier alpha value is -2.26. The number of fused-ring (bicyclic) bond motifs is 1. The smallest absolute Gasteiger partial charge is 0.348 e. The summed E-state index contributed by atoms with van der Waals surface area (Å²) < 4.78 is 6.83. The fourth-order valence-corrected chi connectivity index (χ4v) is 3.45. The number of aryl methyl sites for hydroxylation is 2. The lowest BCUT2D eigenvalue weighted by Crippen LogP contribution is -2.39. The quantitative estimate of drug-likeness (QED) is 0.670. The van der Waals surface area contributed by atoms with E-state index < -0.39 is 5.69 Å². The van der Waals surface area contributed by atoms with Gasteiger partial charge in [-0.15, -0.1) is 0 Å². The second-order valence-corrected chi connectivity index (χ2v) is 6.52. The molecule has 3 rings (SSSR count). The average Bonchev–Trinajstić information content (AvgIpc) is 3.08. The Morgan fingerprint density at radius 3 is 2.76 bits per heavy atom. The van der Waals surface area contributed by atoms with Gasteiger partial charge in [0.25, 0.3) is 6.47 Å². The molecule has 0 radical (unpaired) electrons. The van der Waals surface area contributed by atoms with E-state index in [9.17, 15) is 14.7 Å². The molecule has 1 aromatic rings. The molecule has 0 aliphatic carbocycles. The Kier molecular flexibility index (Phi) is 5.91. The topological polar surface area (TPSA) is 122 Å². The Balaban J connectivity index is 0.000000701. The van der Waals surface area contributed by atoms with Crippen LogP contribution in [0.15, 0.2) is 10.9 Å². The number of carboxylic acid groups (broad SMARTS) is 1. The highest BCUT2D eigenvalue weighted by Gasteiger charge is 2.51. The van der Waals surface area contributed by atoms with Crippen LogP contribution in [0.4, 0.5) is 0 Å². The van der Waals surface area contributed by atoms with Gasteiger partial charge in [0.15, 0.2) is 0 Å². The van der Waals surface area contributed by atoms with Gasteiger partial charge in [0.2, 0.25) is 5.91 Å². The number of amides is 1. The molecule has 0 saturated carbocycles. The van der Waals surface area contributed by atoms with E-state index in [0.717, 1.165) is 5.69 Å². The Labute approximate surface area is 144 Å². The van der Waals surface area contributed by atoms with Crippen LogP contribution in [-0.4, -0.2) is 70.0 Å². The lowest BCUT2D eigenvalue weighted by molar-refractivity contribution is -0.131. The summed E-state index contributed by atoms with van der Waals surface area (Å²) in [5.74, 6) is 0.0634. The van der Waals surface area contributed by atoms with E-state index in [0.29, 0.717) is 32.0 Å². The monoisotopic (exact) mass is 353 g/mol. The number of ether oxygens (including phenoxy) is 1. The number of hydrogen-bond donors (Lipinski definition) is 2. The SMILES string of the molecule is Cc1cc(C)n(CC(=O)N2C[C@H]3COC[C@@]3(CO)C2)c(=O)n1.O=CO. The lowest BCUT2D eigenvalue weighted by Gasteiger charge is -2.24. The van der Waals surface area contributed by atoms with Crippen LogP contribution in [-0.2, 0) is 20.9 Å². The molecule has 3 heterocycles. The summed E-state index contributed by atoms with van der Waals surface area (Å²) in [6.07, 6.45) is 0. The van der Waals surface area contributed by atoms with Crippen molar-refractivity contribution in [2.75, 3.05) is 32.9 Å². The molecule has 2 N–H and O–H groups in total. The third kappa shape index (κ3) is 3.88. The number of aromatic nitrogens is 2. The van der Waals surface area contributed by atoms with Crippen molar-refractivity contribution >= 4 is 12.4 Å². The van der Waals surface area contributed by atoms with Crippen LogP contribution >= 0.6 is 0 Å². The summed E-state index contributed by atoms with van der Waals surface area (Å²) in [5, 5.41) is 16.5. The van der Waals surface area contributed by atoms with Gasteiger partial charge in [0, 0.05) is 35.8 Å². The van der Waals surface area contributed by atoms with Crippen LogP contribution in [0.2, 0.25) is 0 Å². The van der Waals surface area contributed by atoms with Crippen molar-refractivity contribution in [3.05, 3.63) is 27.9 Å². The van der Waals surface area contributed by atoms with Gasteiger partial charge in [0.1, 0.15) is 6.54 Å². The molecular formula is C16H23N3O6. The summed E-state index contributed by atoms with van der Waals surface area (Å²) >= 11 is 0. The van der Waals surface area contributed by atoms with Gasteiger partial charge in [-0.05, 0) is 19.9 Å². The molecule has 2 aliphatic rings. The van der Waals surface area contributed by atoms with Gasteiger partial charge < -0.3 is 19.8 Å². The molecule has 25 heavy (non-hydrogen) atoms. The molecule has 2 aliphatic heterocycles. The highest BCUT2D eigenvalue weighted by Crippen LogP contribution is 2.40. The van der Waals surface area contributed by atoms with Gasteiger partial charge in [0.05, 0.1) is 19.8 Å². The first-order chi connectivity index (χ1) is 11.9. The highest BCUT2D eigenvalue weighted by atomic mass is 16.5. The number of carbonyl (C=O) groups is 2. The lowest BCUT2D eigenvalue weighted by atomic mass is 9.82. The van der Waals surface area contributed by atoms with Crippen LogP contribution < -0.4 is 5.69 Å². The van der Waals surface area contributed by atoms with E-state index in [1.165, 1.54) is 4.57 Å². The first-order valence-electron chi connectivity index (χ1n) is 7.96. The standard InChI is InChI=1S/C15H21N3O4.CH2O2/c1-10-3-11(2)18(14(21)16-10)5-13(20)17-4-12-6-22-9-15(12,7-17)8-19;2-1-3/h3,12,19H,4-9H2,1-2H3;1H,(H,2,3)/t12-,15-;/m0./s1. The third-order valence-electron chi connectivity index (χ3n) is 4.83. The van der Waals surface area contributed by atoms with Gasteiger partial charge >= 0.3 is 5.69 Å². The zero-order valence-electron chi connectivity index (χ0n) is 14.3. The van der Waals surface area contributed by atoms with E-state index >= 15 is 0 Å². The minimum atomic E-state index is -0.398. The molecule has 2 saturated heterocycles. The number of carbonyl (C=O) groups excluding carboxylic acids is 1. The minimum absolute atomic E-state index is 0.00691. The van der Waals surface area contributed by atoms with Crippen LogP contribution in [0.25, 0.3) is 0 Å². The Bertz CT molecular complexity index is 704. The van der Waals surface area contributed by atoms with Gasteiger partial charge in [-0.3, -0.25) is 14.2 Å². The normalized spacial score (nSPS) is 24.4. The first-order valence-corrected chi connectivity index (χ1v) is 7.96. The van der Waals surface area contributed by atoms with E-state index in [2.05, 4.69) is 4.98 Å². The fraction of sp³-hybridized carbons (Fsp3) is 0.625. The minimum Gasteiger partial charge on any atom is -0.483 e. The molecule has 2 fully saturated rings. The van der Waals surface area contributed by atoms with Crippen molar-refractivity contribution in [2.45, 2.75) is 20.4 Å². The van der Waals surface area contributed by atoms with Crippen LogP contribution in [0.5, 0.6) is 0 Å². The number of nitrogens with zero attached hydrogens (tertiary/aromatic N) is 3. The van der Waals surface area contributed by atoms with Crippen LogP contribution in [0.3, 0.4) is 0 Å². The predicted molar refractivity (Wildman–Crippen MR) is 87.1 cm³/mol. The van der Waals surface area contributed by atoms with Crippen molar-refractivity contribution in [3.8, 4) is 0 Å². The first kappa shape index (κ1) is 19.1. The number of aliphatic hydroxyl groups excluding tert-OH is 1. The zero-order chi connectivity index (χ0) is 18.6. The molecule has 9 nitrogen and oxygen atoms in total. The number of likely N-dealkylation sites (tertiary alicyclic amines) is 1.